The largest absolute Gasteiger partial charge is 0.361 e. The van der Waals surface area contributed by atoms with Crippen LogP contribution >= 0.6 is 0 Å². The third kappa shape index (κ3) is 3.74. The van der Waals surface area contributed by atoms with Crippen LogP contribution in [0.2, 0.25) is 0 Å². The van der Waals surface area contributed by atoms with Crippen LogP contribution in [0.25, 0.3) is 11.4 Å². The lowest BCUT2D eigenvalue weighted by Crippen LogP contribution is -2.40. The van der Waals surface area contributed by atoms with E-state index in [1.165, 1.54) is 6.07 Å². The fourth-order valence-corrected chi connectivity index (χ4v) is 3.38. The van der Waals surface area contributed by atoms with Gasteiger partial charge in [-0.3, -0.25) is 4.79 Å². The van der Waals surface area contributed by atoms with E-state index in [1.54, 1.807) is 36.1 Å². The topological polar surface area (TPSA) is 85.3 Å². The number of hydrogen-bond donors (Lipinski definition) is 0. The molecule has 7 nitrogen and oxygen atoms in total. The molecule has 1 amide bonds. The minimum Gasteiger partial charge on any atom is -0.361 e. The Morgan fingerprint density at radius 3 is 2.93 bits per heavy atom. The summed E-state index contributed by atoms with van der Waals surface area (Å²) in [5.74, 6) is 0.981. The summed E-state index contributed by atoms with van der Waals surface area (Å²) in [5.41, 5.74) is 0.641. The zero-order valence-electron chi connectivity index (χ0n) is 14.9. The number of aromatic nitrogens is 3. The Kier molecular flexibility index (Phi) is 4.70. The second kappa shape index (κ2) is 7.30. The molecule has 3 aromatic rings. The lowest BCUT2D eigenvalue weighted by molar-refractivity contribution is 0.0657. The van der Waals surface area contributed by atoms with Gasteiger partial charge in [0.25, 0.3) is 5.91 Å². The Balaban J connectivity index is 1.43. The summed E-state index contributed by atoms with van der Waals surface area (Å²) in [4.78, 5) is 18.6. The normalized spacial score (nSPS) is 17.3. The SMILES string of the molecule is Cc1cc(C(=O)N2CCC[C@H](Cc3nc(-c4ccccc4F)no3)C2)no1. The zero-order chi connectivity index (χ0) is 18.8. The number of halogens is 1. The van der Waals surface area contributed by atoms with E-state index in [9.17, 15) is 9.18 Å². The summed E-state index contributed by atoms with van der Waals surface area (Å²) in [5, 5.41) is 7.69. The summed E-state index contributed by atoms with van der Waals surface area (Å²) in [6.45, 7) is 3.03. The molecule has 1 atom stereocenters. The molecule has 1 aliphatic heterocycles. The van der Waals surface area contributed by atoms with Crippen molar-refractivity contribution in [1.29, 1.82) is 0 Å². The maximum absolute atomic E-state index is 13.9. The van der Waals surface area contributed by atoms with Crippen molar-refractivity contribution in [3.63, 3.8) is 0 Å². The summed E-state index contributed by atoms with van der Waals surface area (Å²) < 4.78 is 24.2. The molecule has 0 spiro atoms. The average Bonchev–Trinajstić information content (AvgIpc) is 3.31. The Labute approximate surface area is 155 Å². The van der Waals surface area contributed by atoms with Crippen LogP contribution in [0.15, 0.2) is 39.4 Å². The van der Waals surface area contributed by atoms with E-state index >= 15 is 0 Å². The third-order valence-corrected chi connectivity index (χ3v) is 4.70. The van der Waals surface area contributed by atoms with Crippen molar-refractivity contribution in [2.45, 2.75) is 26.2 Å². The second-order valence-electron chi connectivity index (χ2n) is 6.78. The van der Waals surface area contributed by atoms with Gasteiger partial charge >= 0.3 is 0 Å². The van der Waals surface area contributed by atoms with E-state index in [4.69, 9.17) is 9.05 Å². The average molecular weight is 370 g/mol. The van der Waals surface area contributed by atoms with Gasteiger partial charge in [-0.2, -0.15) is 4.98 Å². The predicted molar refractivity (Wildman–Crippen MR) is 93.3 cm³/mol. The van der Waals surface area contributed by atoms with Crippen molar-refractivity contribution in [2.24, 2.45) is 5.92 Å². The molecule has 1 fully saturated rings. The molecule has 2 aromatic heterocycles. The van der Waals surface area contributed by atoms with Crippen molar-refractivity contribution in [3.05, 3.63) is 53.5 Å². The molecule has 27 heavy (non-hydrogen) atoms. The highest BCUT2D eigenvalue weighted by Crippen LogP contribution is 2.24. The highest BCUT2D eigenvalue weighted by atomic mass is 19.1. The molecule has 140 valence electrons. The van der Waals surface area contributed by atoms with Crippen LogP contribution in [0, 0.1) is 18.7 Å². The first-order valence-corrected chi connectivity index (χ1v) is 8.90. The maximum Gasteiger partial charge on any atom is 0.276 e. The summed E-state index contributed by atoms with van der Waals surface area (Å²) in [7, 11) is 0. The van der Waals surface area contributed by atoms with Crippen molar-refractivity contribution in [3.8, 4) is 11.4 Å². The minimum absolute atomic E-state index is 0.130. The van der Waals surface area contributed by atoms with E-state index in [0.29, 0.717) is 42.4 Å². The fourth-order valence-electron chi connectivity index (χ4n) is 3.38. The van der Waals surface area contributed by atoms with Gasteiger partial charge < -0.3 is 13.9 Å². The smallest absolute Gasteiger partial charge is 0.276 e. The Bertz CT molecular complexity index is 952. The fraction of sp³-hybridized carbons (Fsp3) is 0.368. The molecule has 8 heteroatoms. The minimum atomic E-state index is -0.387. The van der Waals surface area contributed by atoms with E-state index in [1.807, 2.05) is 0 Å². The zero-order valence-corrected chi connectivity index (χ0v) is 14.9. The first-order chi connectivity index (χ1) is 13.1. The molecule has 1 aliphatic rings. The number of likely N-dealkylation sites (tertiary alicyclic amines) is 1. The molecule has 0 saturated carbocycles. The van der Waals surface area contributed by atoms with Crippen LogP contribution in [0.1, 0.15) is 35.0 Å². The predicted octanol–water partition coefficient (Wildman–Crippen LogP) is 3.27. The number of aryl methyl sites for hydroxylation is 1. The van der Waals surface area contributed by atoms with E-state index in [2.05, 4.69) is 15.3 Å². The van der Waals surface area contributed by atoms with Gasteiger partial charge in [0.05, 0.1) is 5.56 Å². The highest BCUT2D eigenvalue weighted by Gasteiger charge is 2.27. The number of nitrogens with zero attached hydrogens (tertiary/aromatic N) is 4. The summed E-state index contributed by atoms with van der Waals surface area (Å²) in [6.07, 6.45) is 2.39. The number of carbonyl (C=O) groups is 1. The Hall–Kier alpha value is -3.03. The summed E-state index contributed by atoms with van der Waals surface area (Å²) in [6, 6.07) is 7.96. The van der Waals surface area contributed by atoms with E-state index in [0.717, 1.165) is 12.8 Å². The van der Waals surface area contributed by atoms with Crippen LogP contribution < -0.4 is 0 Å². The van der Waals surface area contributed by atoms with Crippen LogP contribution in [-0.2, 0) is 6.42 Å². The van der Waals surface area contributed by atoms with E-state index < -0.39 is 0 Å². The lowest BCUT2D eigenvalue weighted by atomic mass is 9.94. The maximum atomic E-state index is 13.9. The summed E-state index contributed by atoms with van der Waals surface area (Å²) >= 11 is 0. The second-order valence-corrected chi connectivity index (χ2v) is 6.78. The molecular formula is C19H19FN4O3. The standard InChI is InChI=1S/C19H19FN4O3/c1-12-9-16(22-26-12)19(25)24-8-4-5-13(11-24)10-17-21-18(23-27-17)14-6-2-3-7-15(14)20/h2-3,6-7,9,13H,4-5,8,10-11H2,1H3/t13-/m1/s1. The van der Waals surface area contributed by atoms with Crippen molar-refractivity contribution in [1.82, 2.24) is 20.2 Å². The van der Waals surface area contributed by atoms with Gasteiger partial charge in [-0.15, -0.1) is 0 Å². The molecule has 0 N–H and O–H groups in total. The molecule has 3 heterocycles. The van der Waals surface area contributed by atoms with Crippen LogP contribution in [0.4, 0.5) is 4.39 Å². The molecule has 1 saturated heterocycles. The molecule has 4 rings (SSSR count). The number of amides is 1. The first-order valence-electron chi connectivity index (χ1n) is 8.90. The molecule has 0 bridgehead atoms. The van der Waals surface area contributed by atoms with Gasteiger partial charge in [0.2, 0.25) is 11.7 Å². The van der Waals surface area contributed by atoms with E-state index in [-0.39, 0.29) is 23.5 Å². The van der Waals surface area contributed by atoms with Crippen LogP contribution in [0.3, 0.4) is 0 Å². The monoisotopic (exact) mass is 370 g/mol. The number of piperidine rings is 1. The number of carbonyl (C=O) groups excluding carboxylic acids is 1. The van der Waals surface area contributed by atoms with Crippen LogP contribution in [-0.4, -0.2) is 39.2 Å². The molecule has 0 unspecified atom stereocenters. The Morgan fingerprint density at radius 2 is 2.15 bits per heavy atom. The third-order valence-electron chi connectivity index (χ3n) is 4.70. The van der Waals surface area contributed by atoms with Crippen molar-refractivity contribution < 1.29 is 18.2 Å². The highest BCUT2D eigenvalue weighted by molar-refractivity contribution is 5.92. The number of benzene rings is 1. The van der Waals surface area contributed by atoms with Gasteiger partial charge in [0.1, 0.15) is 11.6 Å². The number of hydrogen-bond acceptors (Lipinski definition) is 6. The van der Waals surface area contributed by atoms with Crippen LogP contribution in [0.5, 0.6) is 0 Å². The molecule has 0 radical (unpaired) electrons. The molecule has 1 aromatic carbocycles. The van der Waals surface area contributed by atoms with Gasteiger partial charge in [0, 0.05) is 25.6 Å². The quantitative estimate of drug-likeness (QED) is 0.701. The number of rotatable bonds is 4. The van der Waals surface area contributed by atoms with Gasteiger partial charge in [-0.05, 0) is 37.8 Å². The van der Waals surface area contributed by atoms with Crippen molar-refractivity contribution >= 4 is 5.91 Å². The molecule has 0 aliphatic carbocycles. The Morgan fingerprint density at radius 1 is 1.30 bits per heavy atom. The molecular weight excluding hydrogens is 351 g/mol. The van der Waals surface area contributed by atoms with Gasteiger partial charge in [-0.1, -0.05) is 22.4 Å². The van der Waals surface area contributed by atoms with Crippen molar-refractivity contribution in [2.75, 3.05) is 13.1 Å². The van der Waals surface area contributed by atoms with Gasteiger partial charge in [0.15, 0.2) is 5.69 Å². The lowest BCUT2D eigenvalue weighted by Gasteiger charge is -2.31. The van der Waals surface area contributed by atoms with Gasteiger partial charge in [-0.25, -0.2) is 4.39 Å². The first kappa shape index (κ1) is 17.4.